The number of halogens is 1. The maximum absolute atomic E-state index is 13.5. The number of methoxy groups -OCH3 is 1. The Bertz CT molecular complexity index is 985. The molecule has 1 aromatic carbocycles. The molecule has 156 valence electrons. The highest BCUT2D eigenvalue weighted by Gasteiger charge is 2.33. The fourth-order valence-corrected chi connectivity index (χ4v) is 5.23. The topological polar surface area (TPSA) is 97.8 Å². The SMILES string of the molecule is COCCCN([C@@H](C)c1ccccn1)S(=O)(=O)c1cc2c(cc1Cl)NC(=O)CO2. The number of nitrogens with one attached hydrogen (secondary N) is 1. The van der Waals surface area contributed by atoms with Crippen LogP contribution >= 0.6 is 11.6 Å². The van der Waals surface area contributed by atoms with Gasteiger partial charge in [0.15, 0.2) is 6.61 Å². The first-order chi connectivity index (χ1) is 13.8. The van der Waals surface area contributed by atoms with Gasteiger partial charge >= 0.3 is 0 Å². The van der Waals surface area contributed by atoms with E-state index >= 15 is 0 Å². The number of nitrogens with zero attached hydrogens (tertiary/aromatic N) is 2. The third-order valence-electron chi connectivity index (χ3n) is 4.53. The minimum absolute atomic E-state index is 0.000451. The average Bonchev–Trinajstić information content (AvgIpc) is 2.70. The van der Waals surface area contributed by atoms with E-state index in [1.165, 1.54) is 16.4 Å². The van der Waals surface area contributed by atoms with Gasteiger partial charge < -0.3 is 14.8 Å². The fourth-order valence-electron chi connectivity index (χ4n) is 3.06. The molecule has 1 atom stereocenters. The van der Waals surface area contributed by atoms with Crippen LogP contribution in [0.25, 0.3) is 0 Å². The smallest absolute Gasteiger partial charge is 0.262 e. The van der Waals surface area contributed by atoms with Crippen LogP contribution in [0.4, 0.5) is 5.69 Å². The van der Waals surface area contributed by atoms with E-state index in [4.69, 9.17) is 21.1 Å². The first kappa shape index (κ1) is 21.5. The molecule has 0 unspecified atom stereocenters. The van der Waals surface area contributed by atoms with Crippen molar-refractivity contribution in [2.45, 2.75) is 24.3 Å². The van der Waals surface area contributed by atoms with Crippen LogP contribution in [0.5, 0.6) is 5.75 Å². The van der Waals surface area contributed by atoms with Crippen LogP contribution in [0, 0.1) is 0 Å². The van der Waals surface area contributed by atoms with Crippen LogP contribution in [-0.2, 0) is 19.6 Å². The lowest BCUT2D eigenvalue weighted by Crippen LogP contribution is -2.35. The van der Waals surface area contributed by atoms with E-state index in [1.54, 1.807) is 38.4 Å². The Morgan fingerprint density at radius 3 is 2.86 bits per heavy atom. The number of ether oxygens (including phenoxy) is 2. The first-order valence-corrected chi connectivity index (χ1v) is 10.8. The van der Waals surface area contributed by atoms with Crippen molar-refractivity contribution in [3.63, 3.8) is 0 Å². The van der Waals surface area contributed by atoms with Crippen molar-refractivity contribution < 1.29 is 22.7 Å². The molecule has 1 amide bonds. The van der Waals surface area contributed by atoms with Gasteiger partial charge in [-0.15, -0.1) is 0 Å². The summed E-state index contributed by atoms with van der Waals surface area (Å²) in [5.74, 6) is -0.0657. The zero-order valence-electron chi connectivity index (χ0n) is 16.1. The predicted molar refractivity (Wildman–Crippen MR) is 109 cm³/mol. The number of sulfonamides is 1. The lowest BCUT2D eigenvalue weighted by Gasteiger charge is -2.29. The number of amides is 1. The summed E-state index contributed by atoms with van der Waals surface area (Å²) in [5, 5.41) is 2.62. The van der Waals surface area contributed by atoms with Gasteiger partial charge in [0.1, 0.15) is 10.6 Å². The lowest BCUT2D eigenvalue weighted by atomic mass is 10.2. The van der Waals surface area contributed by atoms with Crippen LogP contribution < -0.4 is 10.1 Å². The van der Waals surface area contributed by atoms with E-state index in [1.807, 2.05) is 0 Å². The number of fused-ring (bicyclic) bond motifs is 1. The minimum Gasteiger partial charge on any atom is -0.482 e. The molecule has 10 heteroatoms. The van der Waals surface area contributed by atoms with Gasteiger partial charge in [0.05, 0.1) is 22.4 Å². The van der Waals surface area contributed by atoms with E-state index in [0.29, 0.717) is 24.4 Å². The molecule has 1 aromatic heterocycles. The van der Waals surface area contributed by atoms with Crippen molar-refractivity contribution in [3.8, 4) is 5.75 Å². The predicted octanol–water partition coefficient (Wildman–Crippen LogP) is 2.85. The molecule has 1 aliphatic rings. The molecule has 2 heterocycles. The van der Waals surface area contributed by atoms with Crippen LogP contribution in [0.1, 0.15) is 25.1 Å². The zero-order valence-corrected chi connectivity index (χ0v) is 17.7. The number of aromatic nitrogens is 1. The third-order valence-corrected chi connectivity index (χ3v) is 6.96. The van der Waals surface area contributed by atoms with Crippen LogP contribution in [0.2, 0.25) is 5.02 Å². The van der Waals surface area contributed by atoms with Crippen molar-refractivity contribution in [1.82, 2.24) is 9.29 Å². The van der Waals surface area contributed by atoms with Crippen molar-refractivity contribution in [3.05, 3.63) is 47.2 Å². The quantitative estimate of drug-likeness (QED) is 0.635. The van der Waals surface area contributed by atoms with Gasteiger partial charge in [-0.2, -0.15) is 4.31 Å². The van der Waals surface area contributed by atoms with Crippen molar-refractivity contribution in [1.29, 1.82) is 0 Å². The molecule has 0 saturated carbocycles. The van der Waals surface area contributed by atoms with Gasteiger partial charge in [0, 0.05) is 32.5 Å². The highest BCUT2D eigenvalue weighted by molar-refractivity contribution is 7.89. The molecule has 29 heavy (non-hydrogen) atoms. The Morgan fingerprint density at radius 1 is 1.38 bits per heavy atom. The Morgan fingerprint density at radius 2 is 2.17 bits per heavy atom. The summed E-state index contributed by atoms with van der Waals surface area (Å²) < 4.78 is 38.9. The van der Waals surface area contributed by atoms with E-state index in [-0.39, 0.29) is 34.7 Å². The summed E-state index contributed by atoms with van der Waals surface area (Å²) in [4.78, 5) is 15.7. The molecule has 0 saturated heterocycles. The summed E-state index contributed by atoms with van der Waals surface area (Å²) >= 11 is 6.30. The molecular weight excluding hydrogens is 418 g/mol. The van der Waals surface area contributed by atoms with Crippen LogP contribution in [-0.4, -0.2) is 50.5 Å². The molecule has 3 rings (SSSR count). The average molecular weight is 440 g/mol. The van der Waals surface area contributed by atoms with Gasteiger partial charge in [0.25, 0.3) is 5.91 Å². The fraction of sp³-hybridized carbons (Fsp3) is 0.368. The normalized spacial score (nSPS) is 14.8. The monoisotopic (exact) mass is 439 g/mol. The molecule has 0 bridgehead atoms. The van der Waals surface area contributed by atoms with Crippen molar-refractivity contribution >= 4 is 33.2 Å². The number of hydrogen-bond donors (Lipinski definition) is 1. The highest BCUT2D eigenvalue weighted by Crippen LogP contribution is 2.38. The second-order valence-corrected chi connectivity index (χ2v) is 8.77. The van der Waals surface area contributed by atoms with E-state index in [9.17, 15) is 13.2 Å². The summed E-state index contributed by atoms with van der Waals surface area (Å²) in [5.41, 5.74) is 0.958. The first-order valence-electron chi connectivity index (χ1n) is 9.02. The Balaban J connectivity index is 2.01. The van der Waals surface area contributed by atoms with E-state index in [2.05, 4.69) is 10.3 Å². The summed E-state index contributed by atoms with van der Waals surface area (Å²) in [7, 11) is -2.43. The molecule has 0 spiro atoms. The van der Waals surface area contributed by atoms with Crippen molar-refractivity contribution in [2.75, 3.05) is 32.2 Å². The number of rotatable bonds is 8. The number of carbonyl (C=O) groups excluding carboxylic acids is 1. The largest absolute Gasteiger partial charge is 0.482 e. The molecule has 8 nitrogen and oxygen atoms in total. The zero-order chi connectivity index (χ0) is 21.0. The molecule has 2 aromatic rings. The maximum Gasteiger partial charge on any atom is 0.262 e. The second kappa shape index (κ2) is 9.08. The van der Waals surface area contributed by atoms with Gasteiger partial charge in [-0.1, -0.05) is 17.7 Å². The number of hydrogen-bond acceptors (Lipinski definition) is 6. The van der Waals surface area contributed by atoms with Gasteiger partial charge in [-0.3, -0.25) is 9.78 Å². The molecule has 0 aliphatic carbocycles. The Labute approximate surface area is 174 Å². The standard InChI is InChI=1S/C19H22ClN3O5S/c1-13(15-6-3-4-7-21-15)23(8-5-9-27-2)29(25,26)18-11-17-16(10-14(18)20)22-19(24)12-28-17/h3-4,6-7,10-11,13H,5,8-9,12H2,1-2H3,(H,22,24)/t13-/m0/s1. The third kappa shape index (κ3) is 4.69. The molecule has 1 aliphatic heterocycles. The number of carbonyl (C=O) groups is 1. The Hall–Kier alpha value is -2.20. The molecular formula is C19H22ClN3O5S. The Kier molecular flexibility index (Phi) is 6.74. The molecule has 0 radical (unpaired) electrons. The lowest BCUT2D eigenvalue weighted by molar-refractivity contribution is -0.118. The van der Waals surface area contributed by atoms with Gasteiger partial charge in [0.2, 0.25) is 10.0 Å². The highest BCUT2D eigenvalue weighted by atomic mass is 35.5. The number of benzene rings is 1. The van der Waals surface area contributed by atoms with E-state index in [0.717, 1.165) is 0 Å². The summed E-state index contributed by atoms with van der Waals surface area (Å²) in [6.45, 7) is 2.22. The van der Waals surface area contributed by atoms with E-state index < -0.39 is 16.1 Å². The number of anilines is 1. The summed E-state index contributed by atoms with van der Waals surface area (Å²) in [6.07, 6.45) is 2.12. The summed E-state index contributed by atoms with van der Waals surface area (Å²) in [6, 6.07) is 7.57. The van der Waals surface area contributed by atoms with Gasteiger partial charge in [-0.05, 0) is 31.5 Å². The van der Waals surface area contributed by atoms with Gasteiger partial charge in [-0.25, -0.2) is 8.42 Å². The molecule has 0 fully saturated rings. The molecule has 1 N–H and O–H groups in total. The van der Waals surface area contributed by atoms with Crippen LogP contribution in [0.15, 0.2) is 41.4 Å². The number of pyridine rings is 1. The maximum atomic E-state index is 13.5. The minimum atomic E-state index is -3.99. The second-order valence-electron chi connectivity index (χ2n) is 6.51. The van der Waals surface area contributed by atoms with Crippen LogP contribution in [0.3, 0.4) is 0 Å². The van der Waals surface area contributed by atoms with Crippen molar-refractivity contribution in [2.24, 2.45) is 0 Å².